The molecule has 0 spiro atoms. The van der Waals surface area contributed by atoms with Gasteiger partial charge in [0.25, 0.3) is 0 Å². The topological polar surface area (TPSA) is 23.8 Å². The molecule has 38 heavy (non-hydrogen) atoms. The number of nitrogens with zero attached hydrogens (tertiary/aromatic N) is 1. The Hall–Kier alpha value is -3.13. The van der Waals surface area contributed by atoms with Gasteiger partial charge in [-0.3, -0.25) is 0 Å². The first-order valence-electron chi connectivity index (χ1n) is 13.8. The largest absolute Gasteiger partial charge is 0.207 e. The van der Waals surface area contributed by atoms with Crippen LogP contribution >= 0.6 is 0 Å². The zero-order valence-corrected chi connectivity index (χ0v) is 21.8. The predicted octanol–water partition coefficient (Wildman–Crippen LogP) is 8.86. The molecule has 0 heterocycles. The number of nitriles is 1. The van der Waals surface area contributed by atoms with Gasteiger partial charge in [-0.15, -0.1) is 0 Å². The molecule has 0 saturated heterocycles. The SMILES string of the molecule is CCc1ccc(CCC2CCc3c(cc(F)c(C4CCC(c5ccc(C#N)c(F)c5F)CC4)c3F)C2)cc1. The number of hydrogen-bond donors (Lipinski definition) is 0. The Morgan fingerprint density at radius 3 is 2.18 bits per heavy atom. The molecule has 1 saturated carbocycles. The number of rotatable bonds is 6. The van der Waals surface area contributed by atoms with Crippen LogP contribution in [0.1, 0.15) is 96.2 Å². The highest BCUT2D eigenvalue weighted by Gasteiger charge is 2.32. The van der Waals surface area contributed by atoms with Gasteiger partial charge in [0.15, 0.2) is 11.6 Å². The van der Waals surface area contributed by atoms with Crippen molar-refractivity contribution in [2.24, 2.45) is 5.92 Å². The van der Waals surface area contributed by atoms with E-state index in [-0.39, 0.29) is 28.5 Å². The molecule has 5 rings (SSSR count). The van der Waals surface area contributed by atoms with E-state index < -0.39 is 23.3 Å². The molecule has 0 aliphatic heterocycles. The quantitative estimate of drug-likeness (QED) is 0.298. The zero-order chi connectivity index (χ0) is 26.8. The van der Waals surface area contributed by atoms with Crippen LogP contribution in [0.25, 0.3) is 0 Å². The van der Waals surface area contributed by atoms with Crippen LogP contribution in [0.5, 0.6) is 0 Å². The summed E-state index contributed by atoms with van der Waals surface area (Å²) in [7, 11) is 0. The molecule has 1 atom stereocenters. The normalized spacial score (nSPS) is 21.1. The summed E-state index contributed by atoms with van der Waals surface area (Å²) in [5, 5.41) is 8.92. The number of fused-ring (bicyclic) bond motifs is 1. The minimum atomic E-state index is -1.12. The van der Waals surface area contributed by atoms with E-state index in [0.717, 1.165) is 31.2 Å². The first kappa shape index (κ1) is 26.5. The zero-order valence-electron chi connectivity index (χ0n) is 21.8. The maximum atomic E-state index is 15.7. The lowest BCUT2D eigenvalue weighted by molar-refractivity contribution is 0.360. The molecule has 2 aliphatic carbocycles. The van der Waals surface area contributed by atoms with Crippen molar-refractivity contribution in [3.05, 3.63) is 105 Å². The summed E-state index contributed by atoms with van der Waals surface area (Å²) in [5.41, 5.74) is 4.19. The molecule has 0 amide bonds. The van der Waals surface area contributed by atoms with Gasteiger partial charge in [0, 0.05) is 5.56 Å². The molecule has 1 fully saturated rings. The van der Waals surface area contributed by atoms with Gasteiger partial charge in [-0.2, -0.15) is 5.26 Å². The molecule has 198 valence electrons. The van der Waals surface area contributed by atoms with Gasteiger partial charge < -0.3 is 0 Å². The van der Waals surface area contributed by atoms with Crippen LogP contribution < -0.4 is 0 Å². The van der Waals surface area contributed by atoms with Crippen LogP contribution in [0.4, 0.5) is 17.6 Å². The molecule has 2 aliphatic rings. The molecule has 0 bridgehead atoms. The lowest BCUT2D eigenvalue weighted by Gasteiger charge is -2.32. The van der Waals surface area contributed by atoms with Crippen molar-refractivity contribution < 1.29 is 17.6 Å². The Kier molecular flexibility index (Phi) is 7.88. The minimum Gasteiger partial charge on any atom is -0.207 e. The maximum absolute atomic E-state index is 15.7. The van der Waals surface area contributed by atoms with Gasteiger partial charge in [0.2, 0.25) is 0 Å². The van der Waals surface area contributed by atoms with Crippen molar-refractivity contribution >= 4 is 0 Å². The lowest BCUT2D eigenvalue weighted by atomic mass is 9.74. The van der Waals surface area contributed by atoms with Gasteiger partial charge in [0.1, 0.15) is 17.7 Å². The van der Waals surface area contributed by atoms with Crippen molar-refractivity contribution in [1.29, 1.82) is 5.26 Å². The molecule has 1 unspecified atom stereocenters. The van der Waals surface area contributed by atoms with Crippen LogP contribution in [0.3, 0.4) is 0 Å². The monoisotopic (exact) mass is 519 g/mol. The first-order chi connectivity index (χ1) is 18.4. The van der Waals surface area contributed by atoms with Crippen LogP contribution in [0, 0.1) is 40.5 Å². The Balaban J connectivity index is 1.25. The van der Waals surface area contributed by atoms with Gasteiger partial charge >= 0.3 is 0 Å². The molecule has 0 radical (unpaired) electrons. The summed E-state index contributed by atoms with van der Waals surface area (Å²) in [6.45, 7) is 2.14. The first-order valence-corrected chi connectivity index (χ1v) is 13.8. The summed E-state index contributed by atoms with van der Waals surface area (Å²) in [6.07, 6.45) is 7.29. The van der Waals surface area contributed by atoms with Crippen molar-refractivity contribution in [2.45, 2.75) is 83.0 Å². The average Bonchev–Trinajstić information content (AvgIpc) is 2.94. The van der Waals surface area contributed by atoms with E-state index in [1.165, 1.54) is 23.3 Å². The minimum absolute atomic E-state index is 0.170. The molecular weight excluding hydrogens is 486 g/mol. The summed E-state index contributed by atoms with van der Waals surface area (Å²) in [4.78, 5) is 0. The van der Waals surface area contributed by atoms with E-state index in [4.69, 9.17) is 5.26 Å². The van der Waals surface area contributed by atoms with Crippen LogP contribution in [-0.2, 0) is 25.7 Å². The summed E-state index contributed by atoms with van der Waals surface area (Å²) < 4.78 is 59.7. The third kappa shape index (κ3) is 5.23. The third-order valence-corrected chi connectivity index (χ3v) is 8.84. The number of hydrogen-bond acceptors (Lipinski definition) is 1. The fourth-order valence-electron chi connectivity index (χ4n) is 6.53. The molecule has 5 heteroatoms. The Labute approximate surface area is 222 Å². The number of halogens is 4. The summed E-state index contributed by atoms with van der Waals surface area (Å²) in [5.74, 6) is -3.06. The second-order valence-corrected chi connectivity index (χ2v) is 11.0. The van der Waals surface area contributed by atoms with E-state index in [1.807, 2.05) is 0 Å². The standard InChI is InChI=1S/C33H33F4N/c1-2-20-3-5-21(6-4-20)7-8-22-9-15-28-26(17-22)18-29(34)30(32(28)36)24-12-10-23(11-13-24)27-16-14-25(19-38)31(35)33(27)37/h3-6,14,16,18,22-24H,2,7-13,15,17H2,1H3. The fourth-order valence-corrected chi connectivity index (χ4v) is 6.53. The van der Waals surface area contributed by atoms with E-state index in [1.54, 1.807) is 12.1 Å². The van der Waals surface area contributed by atoms with E-state index >= 15 is 8.78 Å². The highest BCUT2D eigenvalue weighted by Crippen LogP contribution is 2.44. The van der Waals surface area contributed by atoms with Crippen molar-refractivity contribution in [2.75, 3.05) is 0 Å². The van der Waals surface area contributed by atoms with E-state index in [0.29, 0.717) is 50.0 Å². The van der Waals surface area contributed by atoms with Gasteiger partial charge in [-0.25, -0.2) is 17.6 Å². The molecule has 0 N–H and O–H groups in total. The molecule has 1 nitrogen and oxygen atoms in total. The van der Waals surface area contributed by atoms with E-state index in [9.17, 15) is 8.78 Å². The smallest absolute Gasteiger partial charge is 0.176 e. The Bertz CT molecular complexity index is 1350. The van der Waals surface area contributed by atoms with Crippen LogP contribution in [-0.4, -0.2) is 0 Å². The van der Waals surface area contributed by atoms with E-state index in [2.05, 4.69) is 31.2 Å². The van der Waals surface area contributed by atoms with Crippen LogP contribution in [0.15, 0.2) is 42.5 Å². The average molecular weight is 520 g/mol. The second kappa shape index (κ2) is 11.3. The Morgan fingerprint density at radius 1 is 0.816 bits per heavy atom. The molecule has 3 aromatic carbocycles. The maximum Gasteiger partial charge on any atom is 0.176 e. The second-order valence-electron chi connectivity index (χ2n) is 11.0. The number of benzene rings is 3. The van der Waals surface area contributed by atoms with Crippen molar-refractivity contribution in [3.63, 3.8) is 0 Å². The highest BCUT2D eigenvalue weighted by atomic mass is 19.2. The van der Waals surface area contributed by atoms with Gasteiger partial charge in [0.05, 0.1) is 5.56 Å². The molecule has 0 aromatic heterocycles. The summed E-state index contributed by atoms with van der Waals surface area (Å²) in [6, 6.07) is 14.7. The van der Waals surface area contributed by atoms with Crippen molar-refractivity contribution in [1.82, 2.24) is 0 Å². The predicted molar refractivity (Wildman–Crippen MR) is 141 cm³/mol. The van der Waals surface area contributed by atoms with Crippen molar-refractivity contribution in [3.8, 4) is 6.07 Å². The number of aryl methyl sites for hydroxylation is 2. The highest BCUT2D eigenvalue weighted by molar-refractivity contribution is 5.40. The lowest BCUT2D eigenvalue weighted by Crippen LogP contribution is -2.21. The van der Waals surface area contributed by atoms with Crippen LogP contribution in [0.2, 0.25) is 0 Å². The van der Waals surface area contributed by atoms with Gasteiger partial charge in [-0.1, -0.05) is 37.3 Å². The fraction of sp³-hybridized carbons (Fsp3) is 0.424. The van der Waals surface area contributed by atoms with Gasteiger partial charge in [-0.05, 0) is 122 Å². The third-order valence-electron chi connectivity index (χ3n) is 8.84. The Morgan fingerprint density at radius 2 is 1.50 bits per heavy atom. The summed E-state index contributed by atoms with van der Waals surface area (Å²) >= 11 is 0. The molecular formula is C33H33F4N. The molecule has 3 aromatic rings.